The summed E-state index contributed by atoms with van der Waals surface area (Å²) in [4.78, 5) is 82.7. The van der Waals surface area contributed by atoms with E-state index >= 15 is 0 Å². The molecular weight excluding hydrogens is 727 g/mol. The Balaban J connectivity index is 1.79. The lowest BCUT2D eigenvalue weighted by Gasteiger charge is -2.28. The molecule has 3 rings (SSSR count). The lowest BCUT2D eigenvalue weighted by Crippen LogP contribution is -2.60. The monoisotopic (exact) mass is 791 g/mol. The van der Waals surface area contributed by atoms with E-state index in [4.69, 9.17) is 5.73 Å². The Kier molecular flexibility index (Phi) is 19.7. The third kappa shape index (κ3) is 15.9. The van der Waals surface area contributed by atoms with Gasteiger partial charge >= 0.3 is 0 Å². The van der Waals surface area contributed by atoms with Crippen molar-refractivity contribution in [2.45, 2.75) is 141 Å². The lowest BCUT2D eigenvalue weighted by molar-refractivity contribution is -0.135. The van der Waals surface area contributed by atoms with Crippen molar-refractivity contribution < 1.29 is 33.9 Å². The van der Waals surface area contributed by atoms with Gasteiger partial charge in [-0.3, -0.25) is 28.8 Å². The number of rotatable bonds is 23. The first-order chi connectivity index (χ1) is 27.2. The Labute approximate surface area is 337 Å². The van der Waals surface area contributed by atoms with Gasteiger partial charge in [-0.05, 0) is 84.0 Å². The molecule has 0 unspecified atom stereocenters. The highest BCUT2D eigenvalue weighted by Gasteiger charge is 2.33. The zero-order chi connectivity index (χ0) is 41.9. The van der Waals surface area contributed by atoms with Crippen LogP contribution < -0.4 is 32.3 Å². The molecule has 2 aromatic rings. The molecule has 0 aromatic heterocycles. The number of nitrogens with two attached hydrogens (primary N) is 1. The molecule has 0 radical (unpaired) electrons. The molecule has 1 aliphatic rings. The molecule has 0 bridgehead atoms. The third-order valence-electron chi connectivity index (χ3n) is 10.6. The second kappa shape index (κ2) is 24.1. The molecule has 6 amide bonds. The van der Waals surface area contributed by atoms with Gasteiger partial charge in [0, 0.05) is 24.8 Å². The van der Waals surface area contributed by atoms with E-state index in [1.807, 2.05) is 36.4 Å². The van der Waals surface area contributed by atoms with Crippen LogP contribution >= 0.6 is 0 Å². The first-order valence-electron chi connectivity index (χ1n) is 20.5. The van der Waals surface area contributed by atoms with Crippen molar-refractivity contribution >= 4 is 35.4 Å². The minimum absolute atomic E-state index is 0.0684. The van der Waals surface area contributed by atoms with E-state index in [2.05, 4.69) is 52.3 Å². The van der Waals surface area contributed by atoms with Crippen LogP contribution in [0.2, 0.25) is 0 Å². The maximum absolute atomic E-state index is 14.1. The highest BCUT2D eigenvalue weighted by molar-refractivity contribution is 5.96. The maximum atomic E-state index is 14.1. The van der Waals surface area contributed by atoms with Crippen LogP contribution in [0.4, 0.5) is 0 Å². The van der Waals surface area contributed by atoms with Crippen LogP contribution in [0.25, 0.3) is 0 Å². The Morgan fingerprint density at radius 1 is 0.684 bits per heavy atom. The minimum atomic E-state index is -1.38. The van der Waals surface area contributed by atoms with Gasteiger partial charge in [0.2, 0.25) is 35.4 Å². The van der Waals surface area contributed by atoms with E-state index in [0.29, 0.717) is 12.5 Å². The van der Waals surface area contributed by atoms with Gasteiger partial charge in [-0.15, -0.1) is 0 Å². The van der Waals surface area contributed by atoms with Gasteiger partial charge < -0.3 is 42.3 Å². The highest BCUT2D eigenvalue weighted by atomic mass is 16.3. The van der Waals surface area contributed by atoms with Crippen molar-refractivity contribution in [2.75, 3.05) is 13.1 Å². The fourth-order valence-corrected chi connectivity index (χ4v) is 7.12. The van der Waals surface area contributed by atoms with Gasteiger partial charge in [-0.1, -0.05) is 86.8 Å². The normalized spacial score (nSPS) is 16.4. The molecule has 14 heteroatoms. The van der Waals surface area contributed by atoms with E-state index in [-0.39, 0.29) is 31.1 Å². The standard InChI is InChI=1S/C43H65N7O7/c1-6-50(28(2)3)25-17-16-24-34(41(55)49-37(30(5)51)38(44)52)46-43(57)36(27-32-20-12-8-13-21-32)47-39(53)29(4)45-42(56)35(26-31-18-10-7-11-19-31)48-40(54)33-22-14-9-15-23-33/h7-8,10-13,18-21,28-30,33-37,51H,6,9,14-17,22-27H2,1-5H3,(H2,44,52)(H,45,56)(H,46,57)(H,47,53)(H,48,54)(H,49,55)/t29-,30-,34-,35-,36-,37-/m0/s1. The molecule has 6 atom stereocenters. The van der Waals surface area contributed by atoms with Gasteiger partial charge in [-0.2, -0.15) is 0 Å². The molecule has 0 saturated heterocycles. The fraction of sp³-hybridized carbons (Fsp3) is 0.581. The van der Waals surface area contributed by atoms with E-state index < -0.39 is 65.8 Å². The first kappa shape index (κ1) is 46.6. The molecule has 0 heterocycles. The van der Waals surface area contributed by atoms with Crippen LogP contribution in [0.15, 0.2) is 60.7 Å². The Morgan fingerprint density at radius 2 is 1.19 bits per heavy atom. The van der Waals surface area contributed by atoms with Crippen molar-refractivity contribution in [3.63, 3.8) is 0 Å². The molecule has 8 N–H and O–H groups in total. The average molecular weight is 792 g/mol. The van der Waals surface area contributed by atoms with Crippen molar-refractivity contribution in [3.05, 3.63) is 71.8 Å². The summed E-state index contributed by atoms with van der Waals surface area (Å²) in [5.41, 5.74) is 7.03. The number of aliphatic hydroxyl groups excluding tert-OH is 1. The quantitative estimate of drug-likeness (QED) is 0.0828. The number of aliphatic hydroxyl groups is 1. The van der Waals surface area contributed by atoms with E-state index in [1.165, 1.54) is 13.8 Å². The minimum Gasteiger partial charge on any atom is -0.391 e. The predicted molar refractivity (Wildman–Crippen MR) is 219 cm³/mol. The number of nitrogens with zero attached hydrogens (tertiary/aromatic N) is 1. The highest BCUT2D eigenvalue weighted by Crippen LogP contribution is 2.24. The topological polar surface area (TPSA) is 212 Å². The fourth-order valence-electron chi connectivity index (χ4n) is 7.12. The zero-order valence-corrected chi connectivity index (χ0v) is 34.3. The summed E-state index contributed by atoms with van der Waals surface area (Å²) in [5, 5.41) is 23.8. The van der Waals surface area contributed by atoms with Gasteiger partial charge in [0.15, 0.2) is 0 Å². The molecule has 0 spiro atoms. The summed E-state index contributed by atoms with van der Waals surface area (Å²) in [5.74, 6) is -3.81. The number of carbonyl (C=O) groups excluding carboxylic acids is 6. The van der Waals surface area contributed by atoms with Crippen LogP contribution in [-0.2, 0) is 41.6 Å². The number of primary amides is 1. The van der Waals surface area contributed by atoms with E-state index in [0.717, 1.165) is 62.7 Å². The summed E-state index contributed by atoms with van der Waals surface area (Å²) < 4.78 is 0. The number of hydrogen-bond donors (Lipinski definition) is 7. The number of amides is 6. The summed E-state index contributed by atoms with van der Waals surface area (Å²) in [6, 6.07) is 13.0. The van der Waals surface area contributed by atoms with Gasteiger partial charge in [0.1, 0.15) is 30.2 Å². The second-order valence-electron chi connectivity index (χ2n) is 15.5. The number of benzene rings is 2. The van der Waals surface area contributed by atoms with Crippen molar-refractivity contribution in [1.82, 2.24) is 31.5 Å². The van der Waals surface area contributed by atoms with Crippen LogP contribution in [0, 0.1) is 5.92 Å². The smallest absolute Gasteiger partial charge is 0.243 e. The summed E-state index contributed by atoms with van der Waals surface area (Å²) in [6.07, 6.45) is 5.04. The second-order valence-corrected chi connectivity index (χ2v) is 15.5. The number of nitrogens with one attached hydrogen (secondary N) is 5. The van der Waals surface area contributed by atoms with Crippen LogP contribution in [0.3, 0.4) is 0 Å². The Morgan fingerprint density at radius 3 is 1.70 bits per heavy atom. The van der Waals surface area contributed by atoms with Gasteiger partial charge in [-0.25, -0.2) is 0 Å². The zero-order valence-electron chi connectivity index (χ0n) is 34.3. The van der Waals surface area contributed by atoms with E-state index in [1.54, 1.807) is 24.3 Å². The Hall–Kier alpha value is -4.82. The number of unbranched alkanes of at least 4 members (excludes halogenated alkanes) is 1. The van der Waals surface area contributed by atoms with Crippen LogP contribution in [-0.4, -0.2) is 101 Å². The molecule has 14 nitrogen and oxygen atoms in total. The maximum Gasteiger partial charge on any atom is 0.243 e. The molecule has 314 valence electrons. The summed E-state index contributed by atoms with van der Waals surface area (Å²) in [6.45, 7) is 10.7. The average Bonchev–Trinajstić information content (AvgIpc) is 3.19. The van der Waals surface area contributed by atoms with Gasteiger partial charge in [0.05, 0.1) is 6.10 Å². The molecule has 0 aliphatic heterocycles. The SMILES string of the molecule is CCN(CCCC[C@H](NC(=O)[C@H](Cc1ccccc1)NC(=O)[C@H](C)NC(=O)[C@H](Cc1ccccc1)NC(=O)C1CCCCC1)C(=O)N[C@H](C(N)=O)[C@H](C)O)C(C)C. The molecule has 57 heavy (non-hydrogen) atoms. The van der Waals surface area contributed by atoms with Gasteiger partial charge in [0.25, 0.3) is 0 Å². The lowest BCUT2D eigenvalue weighted by atomic mass is 9.88. The molecule has 1 fully saturated rings. The molecular formula is C43H65N7O7. The third-order valence-corrected chi connectivity index (χ3v) is 10.6. The number of carbonyl (C=O) groups is 6. The number of hydrogen-bond acceptors (Lipinski definition) is 8. The van der Waals surface area contributed by atoms with E-state index in [9.17, 15) is 33.9 Å². The van der Waals surface area contributed by atoms with Crippen molar-refractivity contribution in [2.24, 2.45) is 11.7 Å². The van der Waals surface area contributed by atoms with Crippen LogP contribution in [0.1, 0.15) is 97.1 Å². The van der Waals surface area contributed by atoms with Crippen molar-refractivity contribution in [1.29, 1.82) is 0 Å². The summed E-state index contributed by atoms with van der Waals surface area (Å²) in [7, 11) is 0. The molecule has 2 aromatic carbocycles. The molecule has 1 saturated carbocycles. The van der Waals surface area contributed by atoms with Crippen LogP contribution in [0.5, 0.6) is 0 Å². The molecule has 1 aliphatic carbocycles. The summed E-state index contributed by atoms with van der Waals surface area (Å²) >= 11 is 0. The Bertz CT molecular complexity index is 1580. The first-order valence-corrected chi connectivity index (χ1v) is 20.5. The largest absolute Gasteiger partial charge is 0.391 e. The predicted octanol–water partition coefficient (Wildman–Crippen LogP) is 2.26. The van der Waals surface area contributed by atoms with Crippen molar-refractivity contribution in [3.8, 4) is 0 Å².